The van der Waals surface area contributed by atoms with Crippen molar-refractivity contribution in [3.05, 3.63) is 65.9 Å². The van der Waals surface area contributed by atoms with Gasteiger partial charge in [0.05, 0.1) is 17.6 Å². The number of halogens is 3. The molecule has 0 atom stereocenters. The molecule has 0 aliphatic rings. The maximum atomic E-state index is 12.9. The van der Waals surface area contributed by atoms with E-state index in [1.165, 1.54) is 24.1 Å². The van der Waals surface area contributed by atoms with Crippen LogP contribution in [0.1, 0.15) is 16.1 Å². The second-order valence-corrected chi connectivity index (χ2v) is 6.61. The van der Waals surface area contributed by atoms with E-state index in [0.29, 0.717) is 22.2 Å². The Bertz CT molecular complexity index is 1080. The lowest BCUT2D eigenvalue weighted by molar-refractivity contribution is -0.274. The highest BCUT2D eigenvalue weighted by atomic mass is 19.4. The number of aromatic nitrogens is 1. The van der Waals surface area contributed by atoms with E-state index in [2.05, 4.69) is 15.0 Å². The second-order valence-electron chi connectivity index (χ2n) is 6.61. The van der Waals surface area contributed by atoms with Crippen molar-refractivity contribution in [3.8, 4) is 5.75 Å². The van der Waals surface area contributed by atoms with Crippen LogP contribution in [0.2, 0.25) is 0 Å². The van der Waals surface area contributed by atoms with E-state index in [4.69, 9.17) is 0 Å². The third-order valence-corrected chi connectivity index (χ3v) is 4.17. The highest BCUT2D eigenvalue weighted by Crippen LogP contribution is 2.24. The Morgan fingerprint density at radius 3 is 2.43 bits per heavy atom. The summed E-state index contributed by atoms with van der Waals surface area (Å²) in [5.74, 6) is -1.24. The first-order valence-electron chi connectivity index (χ1n) is 8.90. The molecule has 1 heterocycles. The van der Waals surface area contributed by atoms with Crippen molar-refractivity contribution in [2.45, 2.75) is 13.3 Å². The van der Waals surface area contributed by atoms with Gasteiger partial charge in [-0.2, -0.15) is 0 Å². The fourth-order valence-corrected chi connectivity index (χ4v) is 2.92. The van der Waals surface area contributed by atoms with Gasteiger partial charge in [-0.15, -0.1) is 13.2 Å². The van der Waals surface area contributed by atoms with Crippen molar-refractivity contribution in [1.29, 1.82) is 0 Å². The average Bonchev–Trinajstić information content (AvgIpc) is 2.67. The smallest absolute Gasteiger partial charge is 0.406 e. The largest absolute Gasteiger partial charge is 0.573 e. The lowest BCUT2D eigenvalue weighted by Gasteiger charge is -2.18. The monoisotopic (exact) mass is 417 g/mol. The van der Waals surface area contributed by atoms with Gasteiger partial charge in [-0.3, -0.25) is 14.6 Å². The molecule has 1 aromatic heterocycles. The molecule has 6 nitrogen and oxygen atoms in total. The molecule has 156 valence electrons. The van der Waals surface area contributed by atoms with E-state index in [-0.39, 0.29) is 18.1 Å². The lowest BCUT2D eigenvalue weighted by atomic mass is 10.1. The molecule has 3 aromatic rings. The van der Waals surface area contributed by atoms with Crippen LogP contribution in [0.4, 0.5) is 18.9 Å². The van der Waals surface area contributed by atoms with Gasteiger partial charge in [0.1, 0.15) is 5.75 Å². The minimum atomic E-state index is -4.79. The number of ether oxygens (including phenoxy) is 1. The predicted octanol–water partition coefficient (Wildman–Crippen LogP) is 4.15. The normalized spacial score (nSPS) is 11.2. The molecular weight excluding hydrogens is 399 g/mol. The Balaban J connectivity index is 1.67. The summed E-state index contributed by atoms with van der Waals surface area (Å²) < 4.78 is 40.4. The highest BCUT2D eigenvalue weighted by Gasteiger charge is 2.31. The molecule has 1 N–H and O–H groups in total. The van der Waals surface area contributed by atoms with Gasteiger partial charge in [0, 0.05) is 23.8 Å². The summed E-state index contributed by atoms with van der Waals surface area (Å²) in [5, 5.41) is 3.22. The number of para-hydroxylation sites is 1. The van der Waals surface area contributed by atoms with Crippen LogP contribution >= 0.6 is 0 Å². The summed E-state index contributed by atoms with van der Waals surface area (Å²) in [6.07, 6.45) is -4.79. The second kappa shape index (κ2) is 8.40. The minimum absolute atomic E-state index is 0.241. The van der Waals surface area contributed by atoms with Crippen LogP contribution in [0.5, 0.6) is 5.75 Å². The first-order chi connectivity index (χ1) is 14.1. The highest BCUT2D eigenvalue weighted by molar-refractivity contribution is 6.07. The quantitative estimate of drug-likeness (QED) is 0.677. The van der Waals surface area contributed by atoms with E-state index in [1.54, 1.807) is 31.2 Å². The molecule has 0 radical (unpaired) electrons. The van der Waals surface area contributed by atoms with Gasteiger partial charge in [-0.25, -0.2) is 0 Å². The zero-order valence-electron chi connectivity index (χ0n) is 16.2. The number of nitrogens with zero attached hydrogens (tertiary/aromatic N) is 2. The van der Waals surface area contributed by atoms with E-state index >= 15 is 0 Å². The third-order valence-electron chi connectivity index (χ3n) is 4.17. The third kappa shape index (κ3) is 5.25. The molecule has 0 saturated heterocycles. The maximum absolute atomic E-state index is 12.9. The number of amides is 2. The lowest BCUT2D eigenvalue weighted by Crippen LogP contribution is -2.35. The summed E-state index contributed by atoms with van der Waals surface area (Å²) in [7, 11) is 1.49. The summed E-state index contributed by atoms with van der Waals surface area (Å²) in [6, 6.07) is 13.6. The molecule has 30 heavy (non-hydrogen) atoms. The van der Waals surface area contributed by atoms with Crippen molar-refractivity contribution >= 4 is 28.4 Å². The molecule has 3 rings (SSSR count). The number of alkyl halides is 3. The number of nitrogens with one attached hydrogen (secondary N) is 1. The number of likely N-dealkylation sites (N-methyl/N-ethyl adjacent to an activating group) is 1. The molecule has 0 fully saturated rings. The van der Waals surface area contributed by atoms with E-state index in [9.17, 15) is 22.8 Å². The molecule has 0 aliphatic heterocycles. The van der Waals surface area contributed by atoms with Gasteiger partial charge >= 0.3 is 6.36 Å². The van der Waals surface area contributed by atoms with Crippen LogP contribution < -0.4 is 10.1 Å². The van der Waals surface area contributed by atoms with Crippen LogP contribution in [0.3, 0.4) is 0 Å². The molecule has 9 heteroatoms. The van der Waals surface area contributed by atoms with Crippen molar-refractivity contribution in [2.75, 3.05) is 18.9 Å². The van der Waals surface area contributed by atoms with Gasteiger partial charge in [0.25, 0.3) is 5.91 Å². The summed E-state index contributed by atoms with van der Waals surface area (Å²) >= 11 is 0. The van der Waals surface area contributed by atoms with Gasteiger partial charge in [-0.05, 0) is 43.3 Å². The zero-order valence-corrected chi connectivity index (χ0v) is 16.2. The SMILES string of the molecule is Cc1cc(C(=O)N(C)CC(=O)Nc2ccc(OC(F)(F)F)cc2)c2ccccc2n1. The molecule has 0 bridgehead atoms. The topological polar surface area (TPSA) is 71.5 Å². The number of carbonyl (C=O) groups is 2. The molecule has 0 spiro atoms. The fraction of sp³-hybridized carbons (Fsp3) is 0.190. The Kier molecular flexibility index (Phi) is 5.91. The van der Waals surface area contributed by atoms with Gasteiger partial charge in [-0.1, -0.05) is 18.2 Å². The Morgan fingerprint density at radius 2 is 1.77 bits per heavy atom. The molecule has 0 unspecified atom stereocenters. The number of rotatable bonds is 5. The van der Waals surface area contributed by atoms with Crippen molar-refractivity contribution in [2.24, 2.45) is 0 Å². The summed E-state index contributed by atoms with van der Waals surface area (Å²) in [5.41, 5.74) is 2.07. The number of fused-ring (bicyclic) bond motifs is 1. The van der Waals surface area contributed by atoms with Crippen molar-refractivity contribution < 1.29 is 27.5 Å². The first-order valence-corrected chi connectivity index (χ1v) is 8.90. The Labute approximate surface area is 170 Å². The molecule has 2 amide bonds. The van der Waals surface area contributed by atoms with Crippen molar-refractivity contribution in [1.82, 2.24) is 9.88 Å². The average molecular weight is 417 g/mol. The number of pyridine rings is 1. The number of hydrogen-bond acceptors (Lipinski definition) is 4. The van der Waals surface area contributed by atoms with Crippen LogP contribution in [0, 0.1) is 6.92 Å². The molecule has 0 saturated carbocycles. The summed E-state index contributed by atoms with van der Waals surface area (Å²) in [6.45, 7) is 1.54. The van der Waals surface area contributed by atoms with Gasteiger partial charge in [0.2, 0.25) is 5.91 Å². The van der Waals surface area contributed by atoms with Crippen LogP contribution in [0.15, 0.2) is 54.6 Å². The molecule has 2 aromatic carbocycles. The number of aryl methyl sites for hydroxylation is 1. The van der Waals surface area contributed by atoms with Gasteiger partial charge in [0.15, 0.2) is 0 Å². The van der Waals surface area contributed by atoms with E-state index < -0.39 is 18.0 Å². The van der Waals surface area contributed by atoms with Crippen LogP contribution in [-0.4, -0.2) is 41.7 Å². The van der Waals surface area contributed by atoms with E-state index in [0.717, 1.165) is 12.1 Å². The fourth-order valence-electron chi connectivity index (χ4n) is 2.92. The Morgan fingerprint density at radius 1 is 1.10 bits per heavy atom. The number of carbonyl (C=O) groups excluding carboxylic acids is 2. The van der Waals surface area contributed by atoms with Gasteiger partial charge < -0.3 is 15.0 Å². The Hall–Kier alpha value is -3.62. The number of hydrogen-bond donors (Lipinski definition) is 1. The number of benzene rings is 2. The van der Waals surface area contributed by atoms with Crippen LogP contribution in [-0.2, 0) is 4.79 Å². The standard InChI is InChI=1S/C21H18F3N3O3/c1-13-11-17(16-5-3-4-6-18(16)25-13)20(29)27(2)12-19(28)26-14-7-9-15(10-8-14)30-21(22,23)24/h3-11H,12H2,1-2H3,(H,26,28). The van der Waals surface area contributed by atoms with Crippen molar-refractivity contribution in [3.63, 3.8) is 0 Å². The predicted molar refractivity (Wildman–Crippen MR) is 105 cm³/mol. The zero-order chi connectivity index (χ0) is 21.9. The maximum Gasteiger partial charge on any atom is 0.573 e. The number of anilines is 1. The first kappa shape index (κ1) is 21.1. The molecular formula is C21H18F3N3O3. The molecule has 0 aliphatic carbocycles. The minimum Gasteiger partial charge on any atom is -0.406 e. The summed E-state index contributed by atoms with van der Waals surface area (Å²) in [4.78, 5) is 30.8. The van der Waals surface area contributed by atoms with Crippen LogP contribution in [0.25, 0.3) is 10.9 Å². The van der Waals surface area contributed by atoms with E-state index in [1.807, 2.05) is 6.07 Å².